The van der Waals surface area contributed by atoms with Crippen LogP contribution in [0.5, 0.6) is 0 Å². The molecule has 0 fully saturated rings. The number of hydrogen-bond donors (Lipinski definition) is 1. The van der Waals surface area contributed by atoms with Crippen LogP contribution in [-0.2, 0) is 22.7 Å². The molecule has 0 saturated carbocycles. The van der Waals surface area contributed by atoms with E-state index < -0.39 is 33.8 Å². The van der Waals surface area contributed by atoms with Crippen LogP contribution in [0.1, 0.15) is 11.1 Å². The SMILES string of the molecule is O=S(=O)(NCc1cccc(C(F)(F)F)c1)C(F)(F)F. The summed E-state index contributed by atoms with van der Waals surface area (Å²) in [6.45, 7) is -0.883. The molecular weight excluding hydrogens is 300 g/mol. The molecule has 1 aromatic rings. The third-order valence-electron chi connectivity index (χ3n) is 2.03. The van der Waals surface area contributed by atoms with Gasteiger partial charge in [-0.1, -0.05) is 18.2 Å². The number of sulfonamides is 1. The molecule has 1 aromatic carbocycles. The fourth-order valence-electron chi connectivity index (χ4n) is 1.12. The van der Waals surface area contributed by atoms with Gasteiger partial charge in [-0.3, -0.25) is 0 Å². The van der Waals surface area contributed by atoms with Gasteiger partial charge in [-0.2, -0.15) is 26.3 Å². The molecule has 0 aliphatic carbocycles. The fourth-order valence-corrected chi connectivity index (χ4v) is 1.64. The van der Waals surface area contributed by atoms with Crippen molar-refractivity contribution in [2.45, 2.75) is 18.2 Å². The summed E-state index contributed by atoms with van der Waals surface area (Å²) in [6, 6.07) is 3.34. The van der Waals surface area contributed by atoms with E-state index in [1.54, 1.807) is 0 Å². The Bertz CT molecular complexity index is 549. The number of nitrogens with one attached hydrogen (secondary N) is 1. The van der Waals surface area contributed by atoms with Crippen molar-refractivity contribution in [3.8, 4) is 0 Å². The predicted octanol–water partition coefficient (Wildman–Crippen LogP) is 2.64. The van der Waals surface area contributed by atoms with Crippen molar-refractivity contribution < 1.29 is 34.8 Å². The van der Waals surface area contributed by atoms with Crippen LogP contribution in [0, 0.1) is 0 Å². The maximum atomic E-state index is 12.3. The van der Waals surface area contributed by atoms with Crippen LogP contribution in [0.3, 0.4) is 0 Å². The molecule has 0 saturated heterocycles. The molecule has 0 bridgehead atoms. The van der Waals surface area contributed by atoms with Gasteiger partial charge < -0.3 is 0 Å². The standard InChI is InChI=1S/C9H7F6NO2S/c10-8(11,12)7-3-1-2-6(4-7)5-16-19(17,18)9(13,14)15/h1-4,16H,5H2. The van der Waals surface area contributed by atoms with Crippen LogP contribution < -0.4 is 4.72 Å². The highest BCUT2D eigenvalue weighted by Gasteiger charge is 2.45. The van der Waals surface area contributed by atoms with E-state index in [1.807, 2.05) is 0 Å². The molecule has 0 heterocycles. The summed E-state index contributed by atoms with van der Waals surface area (Å²) in [7, 11) is -5.58. The van der Waals surface area contributed by atoms with Gasteiger partial charge in [0.2, 0.25) is 0 Å². The molecule has 108 valence electrons. The first-order valence-electron chi connectivity index (χ1n) is 4.65. The number of alkyl halides is 6. The van der Waals surface area contributed by atoms with E-state index in [-0.39, 0.29) is 5.56 Å². The second kappa shape index (κ2) is 5.00. The van der Waals surface area contributed by atoms with Gasteiger partial charge in [-0.25, -0.2) is 13.1 Å². The van der Waals surface area contributed by atoms with E-state index in [4.69, 9.17) is 0 Å². The summed E-state index contributed by atoms with van der Waals surface area (Å²) in [5.74, 6) is 0. The normalized spacial score (nSPS) is 13.6. The van der Waals surface area contributed by atoms with E-state index >= 15 is 0 Å². The monoisotopic (exact) mass is 307 g/mol. The van der Waals surface area contributed by atoms with Crippen molar-refractivity contribution in [3.63, 3.8) is 0 Å². The lowest BCUT2D eigenvalue weighted by Crippen LogP contribution is -2.36. The van der Waals surface area contributed by atoms with Crippen molar-refractivity contribution in [2.75, 3.05) is 0 Å². The second-order valence-corrected chi connectivity index (χ2v) is 5.23. The summed E-state index contributed by atoms with van der Waals surface area (Å²) in [6.07, 6.45) is -4.65. The number of benzene rings is 1. The Kier molecular flexibility index (Phi) is 4.15. The maximum absolute atomic E-state index is 12.3. The zero-order valence-corrected chi connectivity index (χ0v) is 9.83. The van der Waals surface area contributed by atoms with Gasteiger partial charge in [0.05, 0.1) is 5.56 Å². The Labute approximate surface area is 104 Å². The van der Waals surface area contributed by atoms with Gasteiger partial charge in [-0.05, 0) is 11.6 Å². The van der Waals surface area contributed by atoms with Gasteiger partial charge in [0.15, 0.2) is 0 Å². The van der Waals surface area contributed by atoms with Gasteiger partial charge in [0.1, 0.15) is 0 Å². The summed E-state index contributed by atoms with van der Waals surface area (Å²) in [4.78, 5) is 0. The van der Waals surface area contributed by atoms with Gasteiger partial charge in [-0.15, -0.1) is 0 Å². The van der Waals surface area contributed by atoms with Crippen LogP contribution in [0.4, 0.5) is 26.3 Å². The number of rotatable bonds is 3. The minimum absolute atomic E-state index is 0.234. The number of halogens is 6. The van der Waals surface area contributed by atoms with Gasteiger partial charge in [0, 0.05) is 6.54 Å². The smallest absolute Gasteiger partial charge is 0.203 e. The van der Waals surface area contributed by atoms with Crippen LogP contribution >= 0.6 is 0 Å². The Morgan fingerprint density at radius 2 is 1.63 bits per heavy atom. The first-order chi connectivity index (χ1) is 8.43. The van der Waals surface area contributed by atoms with Crippen LogP contribution in [-0.4, -0.2) is 13.9 Å². The highest BCUT2D eigenvalue weighted by atomic mass is 32.2. The Morgan fingerprint density at radius 1 is 1.05 bits per heavy atom. The first-order valence-corrected chi connectivity index (χ1v) is 6.14. The van der Waals surface area contributed by atoms with E-state index in [0.29, 0.717) is 6.07 Å². The third-order valence-corrected chi connectivity index (χ3v) is 3.16. The molecule has 0 radical (unpaired) electrons. The molecule has 0 spiro atoms. The second-order valence-electron chi connectivity index (χ2n) is 3.47. The minimum Gasteiger partial charge on any atom is -0.203 e. The molecule has 0 aliphatic heterocycles. The van der Waals surface area contributed by atoms with E-state index in [9.17, 15) is 34.8 Å². The van der Waals surface area contributed by atoms with Crippen molar-refractivity contribution >= 4 is 10.0 Å². The Morgan fingerprint density at radius 3 is 2.11 bits per heavy atom. The summed E-state index contributed by atoms with van der Waals surface area (Å²) in [5, 5.41) is 0. The summed E-state index contributed by atoms with van der Waals surface area (Å²) in [5.41, 5.74) is -6.81. The molecule has 0 unspecified atom stereocenters. The average molecular weight is 307 g/mol. The average Bonchev–Trinajstić information content (AvgIpc) is 2.24. The maximum Gasteiger partial charge on any atom is 0.511 e. The minimum atomic E-state index is -5.58. The van der Waals surface area contributed by atoms with E-state index in [2.05, 4.69) is 0 Å². The van der Waals surface area contributed by atoms with Crippen molar-refractivity contribution in [1.29, 1.82) is 0 Å². The molecule has 10 heteroatoms. The lowest BCUT2D eigenvalue weighted by atomic mass is 10.1. The van der Waals surface area contributed by atoms with Gasteiger partial charge in [0.25, 0.3) is 0 Å². The largest absolute Gasteiger partial charge is 0.511 e. The lowest BCUT2D eigenvalue weighted by molar-refractivity contribution is -0.137. The molecule has 0 aromatic heterocycles. The highest BCUT2D eigenvalue weighted by Crippen LogP contribution is 2.29. The molecule has 19 heavy (non-hydrogen) atoms. The van der Waals surface area contributed by atoms with Gasteiger partial charge >= 0.3 is 21.7 Å². The van der Waals surface area contributed by atoms with Crippen LogP contribution in [0.15, 0.2) is 24.3 Å². The summed E-state index contributed by atoms with van der Waals surface area (Å²) < 4.78 is 95.3. The fraction of sp³-hybridized carbons (Fsp3) is 0.333. The molecule has 1 rings (SSSR count). The molecule has 0 atom stereocenters. The highest BCUT2D eigenvalue weighted by molar-refractivity contribution is 7.90. The quantitative estimate of drug-likeness (QED) is 0.873. The first kappa shape index (κ1) is 15.8. The molecule has 0 aliphatic rings. The number of hydrogen-bond acceptors (Lipinski definition) is 2. The molecular formula is C9H7F6NO2S. The topological polar surface area (TPSA) is 46.2 Å². The summed E-state index contributed by atoms with van der Waals surface area (Å²) >= 11 is 0. The molecule has 0 amide bonds. The van der Waals surface area contributed by atoms with Crippen molar-refractivity contribution in [3.05, 3.63) is 35.4 Å². The molecule has 1 N–H and O–H groups in total. The molecule has 3 nitrogen and oxygen atoms in total. The Balaban J connectivity index is 2.86. The lowest BCUT2D eigenvalue weighted by Gasteiger charge is -2.11. The zero-order valence-electron chi connectivity index (χ0n) is 9.01. The predicted molar refractivity (Wildman–Crippen MR) is 53.3 cm³/mol. The van der Waals surface area contributed by atoms with Crippen LogP contribution in [0.2, 0.25) is 0 Å². The van der Waals surface area contributed by atoms with Crippen LogP contribution in [0.25, 0.3) is 0 Å². The van der Waals surface area contributed by atoms with E-state index in [1.165, 1.54) is 4.72 Å². The van der Waals surface area contributed by atoms with Crippen molar-refractivity contribution in [1.82, 2.24) is 4.72 Å². The third kappa shape index (κ3) is 4.10. The van der Waals surface area contributed by atoms with E-state index in [0.717, 1.165) is 18.2 Å². The van der Waals surface area contributed by atoms with Crippen molar-refractivity contribution in [2.24, 2.45) is 0 Å². The zero-order chi connectivity index (χ0) is 14.9. The Hall–Kier alpha value is -1.29.